The molecule has 6 rings (SSSR count). The van der Waals surface area contributed by atoms with Crippen LogP contribution in [0, 0.1) is 0 Å². The Morgan fingerprint density at radius 3 is 1.66 bits per heavy atom. The predicted octanol–water partition coefficient (Wildman–Crippen LogP) is 4.01. The number of aromatic nitrogens is 1. The van der Waals surface area contributed by atoms with Gasteiger partial charge in [-0.3, -0.25) is 9.69 Å². The van der Waals surface area contributed by atoms with Gasteiger partial charge in [0.1, 0.15) is 0 Å². The van der Waals surface area contributed by atoms with E-state index in [1.807, 2.05) is 87.5 Å². The Hall–Kier alpha value is -3.75. The van der Waals surface area contributed by atoms with Crippen LogP contribution in [-0.2, 0) is 0 Å². The van der Waals surface area contributed by atoms with Crippen molar-refractivity contribution in [2.75, 3.05) is 72.5 Å². The third-order valence-electron chi connectivity index (χ3n) is 8.84. The lowest BCUT2D eigenvalue weighted by Crippen LogP contribution is -2.57. The number of carbonyl (C=O) groups excluding carboxylic acids is 2. The lowest BCUT2D eigenvalue weighted by molar-refractivity contribution is 0.0450. The first-order valence-electron chi connectivity index (χ1n) is 14.9. The summed E-state index contributed by atoms with van der Waals surface area (Å²) in [5, 5.41) is 0. The molecule has 0 aliphatic carbocycles. The zero-order valence-corrected chi connectivity index (χ0v) is 24.0. The fraction of sp³-hybridized carbons (Fsp3) is 0.424. The van der Waals surface area contributed by atoms with E-state index < -0.39 is 0 Å². The van der Waals surface area contributed by atoms with E-state index in [2.05, 4.69) is 16.8 Å². The monoisotopic (exact) mass is 552 g/mol. The number of pyridine rings is 1. The minimum atomic E-state index is 0.0639. The van der Waals surface area contributed by atoms with Crippen LogP contribution in [0.15, 0.2) is 72.8 Å². The van der Waals surface area contributed by atoms with Crippen molar-refractivity contribution >= 4 is 11.9 Å². The van der Waals surface area contributed by atoms with Crippen molar-refractivity contribution in [3.05, 3.63) is 78.4 Å². The molecule has 3 aliphatic rings. The summed E-state index contributed by atoms with van der Waals surface area (Å²) in [6.45, 7) is 8.33. The molecule has 8 heteroatoms. The number of piperazine rings is 2. The Morgan fingerprint density at radius 2 is 1.12 bits per heavy atom. The molecule has 0 bridgehead atoms. The van der Waals surface area contributed by atoms with Gasteiger partial charge in [-0.05, 0) is 32.0 Å². The molecule has 8 nitrogen and oxygen atoms in total. The minimum absolute atomic E-state index is 0.0639. The number of hydrogen-bond donors (Lipinski definition) is 0. The number of amides is 3. The van der Waals surface area contributed by atoms with E-state index >= 15 is 0 Å². The van der Waals surface area contributed by atoms with Crippen molar-refractivity contribution in [1.29, 1.82) is 0 Å². The molecule has 3 aromatic rings. The summed E-state index contributed by atoms with van der Waals surface area (Å²) in [6, 6.07) is 24.7. The summed E-state index contributed by atoms with van der Waals surface area (Å²) in [7, 11) is 2.11. The van der Waals surface area contributed by atoms with E-state index in [1.54, 1.807) is 0 Å². The van der Waals surface area contributed by atoms with E-state index in [1.165, 1.54) is 0 Å². The Kier molecular flexibility index (Phi) is 8.30. The maximum atomic E-state index is 13.8. The summed E-state index contributed by atoms with van der Waals surface area (Å²) < 4.78 is 0. The highest BCUT2D eigenvalue weighted by Gasteiger charge is 2.32. The predicted molar refractivity (Wildman–Crippen MR) is 162 cm³/mol. The fourth-order valence-corrected chi connectivity index (χ4v) is 6.26. The van der Waals surface area contributed by atoms with Crippen molar-refractivity contribution in [3.63, 3.8) is 0 Å². The Labute approximate surface area is 243 Å². The van der Waals surface area contributed by atoms with Gasteiger partial charge in [0, 0.05) is 88.2 Å². The van der Waals surface area contributed by atoms with Crippen LogP contribution in [0.4, 0.5) is 4.79 Å². The topological polar surface area (TPSA) is 63.2 Å². The average molecular weight is 553 g/mol. The zero-order valence-electron chi connectivity index (χ0n) is 24.0. The molecule has 41 heavy (non-hydrogen) atoms. The normalized spacial score (nSPS) is 19.4. The van der Waals surface area contributed by atoms with Crippen molar-refractivity contribution < 1.29 is 9.59 Å². The molecule has 0 N–H and O–H groups in total. The second-order valence-corrected chi connectivity index (χ2v) is 11.5. The number of likely N-dealkylation sites (tertiary alicyclic amines) is 1. The highest BCUT2D eigenvalue weighted by Crippen LogP contribution is 2.26. The second kappa shape index (κ2) is 12.4. The van der Waals surface area contributed by atoms with Gasteiger partial charge in [0.25, 0.3) is 5.91 Å². The molecule has 3 amide bonds. The molecule has 2 aromatic carbocycles. The summed E-state index contributed by atoms with van der Waals surface area (Å²) in [5.41, 5.74) is 4.31. The Bertz CT molecular complexity index is 1270. The van der Waals surface area contributed by atoms with E-state index in [-0.39, 0.29) is 11.9 Å². The third-order valence-corrected chi connectivity index (χ3v) is 8.84. The Morgan fingerprint density at radius 1 is 0.634 bits per heavy atom. The van der Waals surface area contributed by atoms with Crippen molar-refractivity contribution in [3.8, 4) is 22.5 Å². The van der Waals surface area contributed by atoms with Gasteiger partial charge in [-0.2, -0.15) is 0 Å². The fourth-order valence-electron chi connectivity index (χ4n) is 6.26. The molecule has 214 valence electrons. The molecule has 0 unspecified atom stereocenters. The maximum absolute atomic E-state index is 13.8. The number of piperidine rings is 1. The summed E-state index contributed by atoms with van der Waals surface area (Å²) in [4.78, 5) is 42.5. The molecule has 3 saturated heterocycles. The number of urea groups is 1. The van der Waals surface area contributed by atoms with Gasteiger partial charge >= 0.3 is 6.03 Å². The number of benzene rings is 2. The quantitative estimate of drug-likeness (QED) is 0.490. The minimum Gasteiger partial charge on any atom is -0.336 e. The van der Waals surface area contributed by atoms with Gasteiger partial charge < -0.3 is 19.6 Å². The number of likely N-dealkylation sites (N-methyl/N-ethyl adjacent to an activating group) is 1. The molecule has 0 spiro atoms. The molecule has 3 fully saturated rings. The molecule has 0 radical (unpaired) electrons. The largest absolute Gasteiger partial charge is 0.336 e. The van der Waals surface area contributed by atoms with Crippen LogP contribution in [-0.4, -0.2) is 120 Å². The van der Waals surface area contributed by atoms with Crippen LogP contribution in [0.5, 0.6) is 0 Å². The molecular formula is C33H40N6O2. The van der Waals surface area contributed by atoms with Crippen LogP contribution in [0.2, 0.25) is 0 Å². The van der Waals surface area contributed by atoms with E-state index in [0.29, 0.717) is 24.7 Å². The smallest absolute Gasteiger partial charge is 0.320 e. The van der Waals surface area contributed by atoms with E-state index in [4.69, 9.17) is 4.98 Å². The first kappa shape index (κ1) is 27.4. The highest BCUT2D eigenvalue weighted by atomic mass is 16.2. The van der Waals surface area contributed by atoms with Crippen LogP contribution in [0.3, 0.4) is 0 Å². The molecule has 1 aromatic heterocycles. The van der Waals surface area contributed by atoms with Gasteiger partial charge in [-0.25, -0.2) is 9.78 Å². The van der Waals surface area contributed by atoms with Crippen molar-refractivity contribution in [2.45, 2.75) is 18.9 Å². The molecule has 0 atom stereocenters. The third kappa shape index (κ3) is 6.29. The van der Waals surface area contributed by atoms with E-state index in [9.17, 15) is 9.59 Å². The van der Waals surface area contributed by atoms with E-state index in [0.717, 1.165) is 87.7 Å². The number of carbonyl (C=O) groups is 2. The van der Waals surface area contributed by atoms with Crippen LogP contribution >= 0.6 is 0 Å². The summed E-state index contributed by atoms with van der Waals surface area (Å²) >= 11 is 0. The molecule has 3 aliphatic heterocycles. The summed E-state index contributed by atoms with van der Waals surface area (Å²) in [5.74, 6) is 0.0639. The maximum Gasteiger partial charge on any atom is 0.320 e. The summed E-state index contributed by atoms with van der Waals surface area (Å²) in [6.07, 6.45) is 2.00. The van der Waals surface area contributed by atoms with Gasteiger partial charge in [0.2, 0.25) is 0 Å². The molecular weight excluding hydrogens is 512 g/mol. The Balaban J connectivity index is 1.08. The number of rotatable bonds is 4. The second-order valence-electron chi connectivity index (χ2n) is 11.5. The van der Waals surface area contributed by atoms with Crippen LogP contribution < -0.4 is 0 Å². The van der Waals surface area contributed by atoms with Gasteiger partial charge in [0.05, 0.1) is 11.4 Å². The van der Waals surface area contributed by atoms with Gasteiger partial charge in [-0.15, -0.1) is 0 Å². The number of hydrogen-bond acceptors (Lipinski definition) is 5. The van der Waals surface area contributed by atoms with Crippen molar-refractivity contribution in [1.82, 2.24) is 29.5 Å². The molecule has 4 heterocycles. The van der Waals surface area contributed by atoms with Crippen LogP contribution in [0.1, 0.15) is 23.2 Å². The first-order chi connectivity index (χ1) is 20.0. The van der Waals surface area contributed by atoms with Crippen molar-refractivity contribution in [2.24, 2.45) is 0 Å². The van der Waals surface area contributed by atoms with Gasteiger partial charge in [0.15, 0.2) is 0 Å². The lowest BCUT2D eigenvalue weighted by Gasteiger charge is -2.44. The zero-order chi connectivity index (χ0) is 28.2. The number of nitrogens with zero attached hydrogens (tertiary/aromatic N) is 6. The average Bonchev–Trinajstić information content (AvgIpc) is 3.05. The SMILES string of the molecule is CN1CCN(C(=O)N2CCC(N3CCN(C(=O)c4cc(-c5ccccc5)nc(-c5ccccc5)c4)CC3)CC2)CC1. The standard InChI is InChI=1S/C33H40N6O2/c1-35-16-18-39(19-17-35)33(41)38-14-12-29(13-15-38)36-20-22-37(23-21-36)32(40)28-24-30(26-8-4-2-5-9-26)34-31(25-28)27-10-6-3-7-11-27/h2-11,24-25,29H,12-23H2,1H3. The molecule has 0 saturated carbocycles. The highest BCUT2D eigenvalue weighted by molar-refractivity contribution is 5.96. The first-order valence-corrected chi connectivity index (χ1v) is 14.9. The van der Waals surface area contributed by atoms with Gasteiger partial charge in [-0.1, -0.05) is 60.7 Å². The lowest BCUT2D eigenvalue weighted by atomic mass is 10.0. The van der Waals surface area contributed by atoms with Crippen LogP contribution in [0.25, 0.3) is 22.5 Å².